The molecule has 11 heteroatoms. The minimum atomic E-state index is -4.69. The summed E-state index contributed by atoms with van der Waals surface area (Å²) in [5, 5.41) is 16.1. The van der Waals surface area contributed by atoms with E-state index in [1.807, 2.05) is 0 Å². The molecule has 0 unspecified atom stereocenters. The number of carbonyl (C=O) groups excluding carboxylic acids is 2. The number of halogens is 3. The summed E-state index contributed by atoms with van der Waals surface area (Å²) in [6.07, 6.45) is -3.30. The number of nitrogens with one attached hydrogen (secondary N) is 3. The van der Waals surface area contributed by atoms with Gasteiger partial charge in [-0.05, 0) is 25.1 Å². The van der Waals surface area contributed by atoms with Crippen molar-refractivity contribution in [3.63, 3.8) is 0 Å². The first-order valence-corrected chi connectivity index (χ1v) is 7.66. The summed E-state index contributed by atoms with van der Waals surface area (Å²) >= 11 is 0. The first kappa shape index (κ1) is 19.9. The molecule has 0 fully saturated rings. The molecule has 1 heterocycles. The van der Waals surface area contributed by atoms with E-state index in [2.05, 4.69) is 15.6 Å². The Balaban J connectivity index is 1.95. The lowest BCUT2D eigenvalue weighted by atomic mass is 10.1. The number of carbonyl (C=O) groups is 2. The number of H-pyrrole nitrogens is 1. The minimum absolute atomic E-state index is 0.0399. The predicted octanol–water partition coefficient (Wildman–Crippen LogP) is 2.99. The fourth-order valence-electron chi connectivity index (χ4n) is 2.21. The lowest BCUT2D eigenvalue weighted by Crippen LogP contribution is -2.29. The maximum atomic E-state index is 12.7. The van der Waals surface area contributed by atoms with Crippen LogP contribution in [0.15, 0.2) is 30.5 Å². The first-order chi connectivity index (χ1) is 12.6. The number of hydrogen-bond acceptors (Lipinski definition) is 5. The molecule has 0 spiro atoms. The molecule has 27 heavy (non-hydrogen) atoms. The number of nitro groups is 1. The molecule has 8 nitrogen and oxygen atoms in total. The quantitative estimate of drug-likeness (QED) is 0.294. The number of Topliss-reactive ketones (excluding diaryl/α,β-unsaturated/α-hetero) is 1. The van der Waals surface area contributed by atoms with Crippen molar-refractivity contribution in [2.45, 2.75) is 13.1 Å². The molecular formula is C16H15F3N4O4. The van der Waals surface area contributed by atoms with Crippen molar-refractivity contribution < 1.29 is 27.7 Å². The van der Waals surface area contributed by atoms with Crippen LogP contribution in [0.1, 0.15) is 33.3 Å². The average molecular weight is 384 g/mol. The van der Waals surface area contributed by atoms with Crippen molar-refractivity contribution in [3.05, 3.63) is 57.4 Å². The third kappa shape index (κ3) is 5.06. The molecule has 144 valence electrons. The fraction of sp³-hybridized carbons (Fsp3) is 0.250. The lowest BCUT2D eigenvalue weighted by molar-refractivity contribution is -0.384. The van der Waals surface area contributed by atoms with Crippen LogP contribution in [0.5, 0.6) is 0 Å². The van der Waals surface area contributed by atoms with E-state index in [1.54, 1.807) is 0 Å². The Morgan fingerprint density at radius 1 is 1.22 bits per heavy atom. The smallest absolute Gasteiger partial charge is 0.378 e. The molecule has 0 radical (unpaired) electrons. The summed E-state index contributed by atoms with van der Waals surface area (Å²) in [5.41, 5.74) is -1.42. The molecule has 0 bridgehead atoms. The molecule has 0 atom stereocenters. The number of nitrogens with zero attached hydrogens (tertiary/aromatic N) is 1. The summed E-state index contributed by atoms with van der Waals surface area (Å²) in [6, 6.07) is 3.53. The van der Waals surface area contributed by atoms with Crippen LogP contribution < -0.4 is 10.6 Å². The highest BCUT2D eigenvalue weighted by Crippen LogP contribution is 2.34. The molecular weight excluding hydrogens is 369 g/mol. The van der Waals surface area contributed by atoms with Gasteiger partial charge in [-0.15, -0.1) is 0 Å². The highest BCUT2D eigenvalue weighted by molar-refractivity contribution is 5.99. The van der Waals surface area contributed by atoms with Gasteiger partial charge in [0.2, 0.25) is 0 Å². The number of hydrogen-bond donors (Lipinski definition) is 3. The maximum Gasteiger partial charge on any atom is 0.416 e. The highest BCUT2D eigenvalue weighted by atomic mass is 19.4. The van der Waals surface area contributed by atoms with E-state index in [9.17, 15) is 32.9 Å². The van der Waals surface area contributed by atoms with E-state index in [0.29, 0.717) is 11.6 Å². The molecule has 0 aliphatic rings. The van der Waals surface area contributed by atoms with Crippen LogP contribution in [0.25, 0.3) is 0 Å². The third-order valence-electron chi connectivity index (χ3n) is 3.58. The van der Waals surface area contributed by atoms with Crippen LogP contribution in [0.2, 0.25) is 0 Å². The van der Waals surface area contributed by atoms with Crippen molar-refractivity contribution in [2.75, 3.05) is 18.4 Å². The van der Waals surface area contributed by atoms with Crippen LogP contribution in [-0.2, 0) is 6.18 Å². The number of aromatic nitrogens is 1. The molecule has 1 amide bonds. The van der Waals surface area contributed by atoms with Gasteiger partial charge in [-0.25, -0.2) is 0 Å². The van der Waals surface area contributed by atoms with Gasteiger partial charge >= 0.3 is 6.18 Å². The van der Waals surface area contributed by atoms with E-state index in [1.165, 1.54) is 19.2 Å². The SMILES string of the molecule is CC(=O)c1c[nH]c(C(=O)NCCNc2ccc(C(F)(F)F)cc2[N+](=O)[O-])c1. The summed E-state index contributed by atoms with van der Waals surface area (Å²) in [4.78, 5) is 35.8. The second-order valence-corrected chi connectivity index (χ2v) is 5.53. The molecule has 0 aliphatic carbocycles. The van der Waals surface area contributed by atoms with E-state index < -0.39 is 28.3 Å². The van der Waals surface area contributed by atoms with Crippen LogP contribution in [-0.4, -0.2) is 34.7 Å². The summed E-state index contributed by atoms with van der Waals surface area (Å²) in [6.45, 7) is 1.44. The zero-order valence-corrected chi connectivity index (χ0v) is 14.0. The Kier molecular flexibility index (Phi) is 5.83. The van der Waals surface area contributed by atoms with Crippen LogP contribution >= 0.6 is 0 Å². The standard InChI is InChI=1S/C16H15F3N4O4/c1-9(24)10-6-13(22-8-10)15(25)21-5-4-20-12-3-2-11(16(17,18)19)7-14(12)23(26)27/h2-3,6-8,20,22H,4-5H2,1H3,(H,21,25). The fourth-order valence-corrected chi connectivity index (χ4v) is 2.21. The zero-order chi connectivity index (χ0) is 20.2. The Labute approximate surface area is 150 Å². The van der Waals surface area contributed by atoms with Gasteiger partial charge in [-0.1, -0.05) is 0 Å². The van der Waals surface area contributed by atoms with Crippen LogP contribution in [0, 0.1) is 10.1 Å². The van der Waals surface area contributed by atoms with E-state index in [-0.39, 0.29) is 30.3 Å². The van der Waals surface area contributed by atoms with E-state index in [4.69, 9.17) is 0 Å². The monoisotopic (exact) mass is 384 g/mol. The number of amides is 1. The van der Waals surface area contributed by atoms with Gasteiger partial charge in [0.15, 0.2) is 5.78 Å². The van der Waals surface area contributed by atoms with Crippen molar-refractivity contribution >= 4 is 23.1 Å². The summed E-state index contributed by atoms with van der Waals surface area (Å²) < 4.78 is 38.0. The van der Waals surface area contributed by atoms with E-state index >= 15 is 0 Å². The average Bonchev–Trinajstić information content (AvgIpc) is 3.08. The van der Waals surface area contributed by atoms with Gasteiger partial charge in [0.1, 0.15) is 11.4 Å². The molecule has 0 aliphatic heterocycles. The van der Waals surface area contributed by atoms with Crippen molar-refractivity contribution in [1.82, 2.24) is 10.3 Å². The number of benzene rings is 1. The van der Waals surface area contributed by atoms with Crippen LogP contribution in [0.4, 0.5) is 24.5 Å². The second kappa shape index (κ2) is 7.89. The van der Waals surface area contributed by atoms with Crippen molar-refractivity contribution in [1.29, 1.82) is 0 Å². The molecule has 1 aromatic heterocycles. The van der Waals surface area contributed by atoms with Gasteiger partial charge in [0, 0.05) is 30.9 Å². The summed E-state index contributed by atoms with van der Waals surface area (Å²) in [5.74, 6) is -0.701. The maximum absolute atomic E-state index is 12.7. The summed E-state index contributed by atoms with van der Waals surface area (Å²) in [7, 11) is 0. The zero-order valence-electron chi connectivity index (χ0n) is 14.0. The van der Waals surface area contributed by atoms with Gasteiger partial charge in [0.05, 0.1) is 10.5 Å². The van der Waals surface area contributed by atoms with E-state index in [0.717, 1.165) is 12.1 Å². The highest BCUT2D eigenvalue weighted by Gasteiger charge is 2.33. The molecule has 2 aromatic rings. The first-order valence-electron chi connectivity index (χ1n) is 7.66. The number of nitro benzene ring substituents is 1. The van der Waals surface area contributed by atoms with Crippen molar-refractivity contribution in [2.24, 2.45) is 0 Å². The number of aromatic amines is 1. The molecule has 0 saturated heterocycles. The Morgan fingerprint density at radius 3 is 2.48 bits per heavy atom. The number of anilines is 1. The van der Waals surface area contributed by atoms with Gasteiger partial charge in [-0.2, -0.15) is 13.2 Å². The van der Waals surface area contributed by atoms with Crippen molar-refractivity contribution in [3.8, 4) is 0 Å². The molecule has 1 aromatic carbocycles. The largest absolute Gasteiger partial charge is 0.416 e. The Hall–Kier alpha value is -3.37. The Bertz CT molecular complexity index is 877. The Morgan fingerprint density at radius 2 is 1.93 bits per heavy atom. The van der Waals surface area contributed by atoms with Crippen LogP contribution in [0.3, 0.4) is 0 Å². The normalized spacial score (nSPS) is 11.1. The van der Waals surface area contributed by atoms with Gasteiger partial charge in [0.25, 0.3) is 11.6 Å². The minimum Gasteiger partial charge on any atom is -0.378 e. The number of rotatable bonds is 7. The predicted molar refractivity (Wildman–Crippen MR) is 89.7 cm³/mol. The van der Waals surface area contributed by atoms with Gasteiger partial charge in [-0.3, -0.25) is 19.7 Å². The topological polar surface area (TPSA) is 117 Å². The number of alkyl halides is 3. The lowest BCUT2D eigenvalue weighted by Gasteiger charge is -2.11. The third-order valence-corrected chi connectivity index (χ3v) is 3.58. The van der Waals surface area contributed by atoms with Gasteiger partial charge < -0.3 is 15.6 Å². The molecule has 2 rings (SSSR count). The second-order valence-electron chi connectivity index (χ2n) is 5.53. The molecule has 3 N–H and O–H groups in total. The molecule has 0 saturated carbocycles. The number of ketones is 1.